The minimum Gasteiger partial charge on any atom is -0.383 e. The smallest absolute Gasteiger partial charge is 0.0589 e. The van der Waals surface area contributed by atoms with Crippen molar-refractivity contribution in [3.63, 3.8) is 0 Å². The minimum atomic E-state index is 0.563. The van der Waals surface area contributed by atoms with Crippen molar-refractivity contribution in [2.24, 2.45) is 0 Å². The molecule has 0 amide bonds. The van der Waals surface area contributed by atoms with Gasteiger partial charge in [-0.05, 0) is 11.5 Å². The van der Waals surface area contributed by atoms with Gasteiger partial charge in [0.1, 0.15) is 0 Å². The topological polar surface area (TPSA) is 33.5 Å². The molecule has 1 aromatic heterocycles. The lowest BCUT2D eigenvalue weighted by atomic mass is 10.1. The highest BCUT2D eigenvalue weighted by Gasteiger charge is 2.16. The number of methoxy groups -OCH3 is 1. The molecule has 2 rings (SSSR count). The summed E-state index contributed by atoms with van der Waals surface area (Å²) in [6, 6.07) is 0. The standard InChI is InChI=1S/C15H28N4O/c1-14(2)15-12-16-19(13-15)9-8-17-4-6-18(7-5-17)10-11-20-3/h12-14H,4-11H2,1-3H3. The molecule has 0 spiro atoms. The van der Waals surface area contributed by atoms with E-state index in [0.717, 1.165) is 52.4 Å². The molecule has 1 fully saturated rings. The summed E-state index contributed by atoms with van der Waals surface area (Å²) in [6.45, 7) is 13.0. The summed E-state index contributed by atoms with van der Waals surface area (Å²) >= 11 is 0. The summed E-state index contributed by atoms with van der Waals surface area (Å²) in [7, 11) is 1.77. The molecule has 0 N–H and O–H groups in total. The first-order chi connectivity index (χ1) is 9.69. The normalized spacial score (nSPS) is 18.0. The van der Waals surface area contributed by atoms with Crippen molar-refractivity contribution in [2.45, 2.75) is 26.3 Å². The second kappa shape index (κ2) is 7.76. The van der Waals surface area contributed by atoms with Crippen LogP contribution in [0, 0.1) is 0 Å². The van der Waals surface area contributed by atoms with E-state index in [9.17, 15) is 0 Å². The molecule has 0 aliphatic carbocycles. The van der Waals surface area contributed by atoms with Gasteiger partial charge in [0.25, 0.3) is 0 Å². The number of ether oxygens (including phenoxy) is 1. The predicted molar refractivity (Wildman–Crippen MR) is 81.1 cm³/mol. The van der Waals surface area contributed by atoms with Gasteiger partial charge < -0.3 is 4.74 Å². The molecule has 5 nitrogen and oxygen atoms in total. The van der Waals surface area contributed by atoms with E-state index in [2.05, 4.69) is 39.6 Å². The second-order valence-corrected chi connectivity index (χ2v) is 5.87. The molecule has 1 aliphatic rings. The molecule has 0 unspecified atom stereocenters. The fraction of sp³-hybridized carbons (Fsp3) is 0.800. The molecular formula is C15H28N4O. The van der Waals surface area contributed by atoms with Crippen LogP contribution in [0.1, 0.15) is 25.3 Å². The Bertz CT molecular complexity index is 383. The fourth-order valence-electron chi connectivity index (χ4n) is 2.50. The number of nitrogens with zero attached hydrogens (tertiary/aromatic N) is 4. The summed E-state index contributed by atoms with van der Waals surface area (Å²) in [5.74, 6) is 0.563. The number of rotatable bonds is 7. The SMILES string of the molecule is COCCN1CCN(CCn2cc(C(C)C)cn2)CC1. The molecule has 0 bridgehead atoms. The summed E-state index contributed by atoms with van der Waals surface area (Å²) in [5.41, 5.74) is 1.33. The summed E-state index contributed by atoms with van der Waals surface area (Å²) in [4.78, 5) is 5.00. The van der Waals surface area contributed by atoms with Crippen LogP contribution in [0.25, 0.3) is 0 Å². The molecule has 5 heteroatoms. The fourth-order valence-corrected chi connectivity index (χ4v) is 2.50. The molecular weight excluding hydrogens is 252 g/mol. The number of aromatic nitrogens is 2. The van der Waals surface area contributed by atoms with Gasteiger partial charge in [0, 0.05) is 52.6 Å². The highest BCUT2D eigenvalue weighted by molar-refractivity contribution is 5.08. The van der Waals surface area contributed by atoms with E-state index in [1.54, 1.807) is 7.11 Å². The molecule has 1 aliphatic heterocycles. The third-order valence-electron chi connectivity index (χ3n) is 4.04. The van der Waals surface area contributed by atoms with E-state index in [1.807, 2.05) is 6.20 Å². The van der Waals surface area contributed by atoms with E-state index in [1.165, 1.54) is 5.56 Å². The molecule has 1 aromatic rings. The zero-order valence-electron chi connectivity index (χ0n) is 13.1. The Morgan fingerprint density at radius 2 is 1.75 bits per heavy atom. The average Bonchev–Trinajstić information content (AvgIpc) is 2.93. The first-order valence-corrected chi connectivity index (χ1v) is 7.65. The van der Waals surface area contributed by atoms with Crippen LogP contribution >= 0.6 is 0 Å². The minimum absolute atomic E-state index is 0.563. The van der Waals surface area contributed by atoms with Gasteiger partial charge in [-0.1, -0.05) is 13.8 Å². The molecule has 2 heterocycles. The Balaban J connectivity index is 1.67. The maximum Gasteiger partial charge on any atom is 0.0589 e. The van der Waals surface area contributed by atoms with E-state index >= 15 is 0 Å². The Kier molecular flexibility index (Phi) is 6.01. The second-order valence-electron chi connectivity index (χ2n) is 5.87. The van der Waals surface area contributed by atoms with Crippen molar-refractivity contribution in [1.29, 1.82) is 0 Å². The van der Waals surface area contributed by atoms with E-state index < -0.39 is 0 Å². The third kappa shape index (κ3) is 4.58. The monoisotopic (exact) mass is 280 g/mol. The van der Waals surface area contributed by atoms with Crippen LogP contribution < -0.4 is 0 Å². The van der Waals surface area contributed by atoms with E-state index in [-0.39, 0.29) is 0 Å². The molecule has 1 saturated heterocycles. The van der Waals surface area contributed by atoms with Gasteiger partial charge >= 0.3 is 0 Å². The van der Waals surface area contributed by atoms with Crippen molar-refractivity contribution >= 4 is 0 Å². The van der Waals surface area contributed by atoms with Crippen LogP contribution in [0.5, 0.6) is 0 Å². The number of piperazine rings is 1. The van der Waals surface area contributed by atoms with Crippen LogP contribution in [0.4, 0.5) is 0 Å². The van der Waals surface area contributed by atoms with Crippen LogP contribution in [-0.2, 0) is 11.3 Å². The third-order valence-corrected chi connectivity index (χ3v) is 4.04. The number of hydrogen-bond acceptors (Lipinski definition) is 4. The molecule has 114 valence electrons. The van der Waals surface area contributed by atoms with Gasteiger partial charge in [-0.2, -0.15) is 5.10 Å². The molecule has 20 heavy (non-hydrogen) atoms. The van der Waals surface area contributed by atoms with Crippen molar-refractivity contribution in [2.75, 3.05) is 53.0 Å². The maximum atomic E-state index is 5.13. The van der Waals surface area contributed by atoms with E-state index in [4.69, 9.17) is 4.74 Å². The summed E-state index contributed by atoms with van der Waals surface area (Å²) in [6.07, 6.45) is 4.17. The van der Waals surface area contributed by atoms with Crippen LogP contribution in [0.15, 0.2) is 12.4 Å². The zero-order valence-corrected chi connectivity index (χ0v) is 13.1. The Morgan fingerprint density at radius 3 is 2.30 bits per heavy atom. The molecule has 0 radical (unpaired) electrons. The van der Waals surface area contributed by atoms with Gasteiger partial charge in [-0.3, -0.25) is 14.5 Å². The van der Waals surface area contributed by atoms with Crippen LogP contribution in [0.3, 0.4) is 0 Å². The Labute approximate surface area is 122 Å². The first-order valence-electron chi connectivity index (χ1n) is 7.65. The van der Waals surface area contributed by atoms with Crippen molar-refractivity contribution < 1.29 is 4.74 Å². The molecule has 0 saturated carbocycles. The Hall–Kier alpha value is -0.910. The van der Waals surface area contributed by atoms with Crippen molar-refractivity contribution in [3.05, 3.63) is 18.0 Å². The van der Waals surface area contributed by atoms with Gasteiger partial charge in [0.2, 0.25) is 0 Å². The lowest BCUT2D eigenvalue weighted by molar-refractivity contribution is 0.0948. The quantitative estimate of drug-likeness (QED) is 0.753. The first kappa shape index (κ1) is 15.5. The highest BCUT2D eigenvalue weighted by Crippen LogP contribution is 2.12. The predicted octanol–water partition coefficient (Wildman–Crippen LogP) is 1.27. The summed E-state index contributed by atoms with van der Waals surface area (Å²) in [5, 5.41) is 4.44. The Morgan fingerprint density at radius 1 is 1.10 bits per heavy atom. The van der Waals surface area contributed by atoms with E-state index in [0.29, 0.717) is 5.92 Å². The van der Waals surface area contributed by atoms with Crippen LogP contribution in [0.2, 0.25) is 0 Å². The largest absolute Gasteiger partial charge is 0.383 e. The lowest BCUT2D eigenvalue weighted by Gasteiger charge is -2.34. The van der Waals surface area contributed by atoms with Crippen molar-refractivity contribution in [1.82, 2.24) is 19.6 Å². The van der Waals surface area contributed by atoms with Gasteiger partial charge in [0.05, 0.1) is 19.3 Å². The average molecular weight is 280 g/mol. The van der Waals surface area contributed by atoms with Crippen LogP contribution in [-0.4, -0.2) is 72.6 Å². The molecule has 0 atom stereocenters. The van der Waals surface area contributed by atoms with Gasteiger partial charge in [0.15, 0.2) is 0 Å². The van der Waals surface area contributed by atoms with Gasteiger partial charge in [-0.15, -0.1) is 0 Å². The molecule has 0 aromatic carbocycles. The summed E-state index contributed by atoms with van der Waals surface area (Å²) < 4.78 is 7.21. The lowest BCUT2D eigenvalue weighted by Crippen LogP contribution is -2.47. The maximum absolute atomic E-state index is 5.13. The zero-order chi connectivity index (χ0) is 14.4. The van der Waals surface area contributed by atoms with Crippen molar-refractivity contribution in [3.8, 4) is 0 Å². The number of hydrogen-bond donors (Lipinski definition) is 0. The van der Waals surface area contributed by atoms with Gasteiger partial charge in [-0.25, -0.2) is 0 Å². The highest BCUT2D eigenvalue weighted by atomic mass is 16.5.